The van der Waals surface area contributed by atoms with E-state index in [1.165, 1.54) is 50.9 Å². The fourth-order valence-corrected chi connectivity index (χ4v) is 5.79. The predicted octanol–water partition coefficient (Wildman–Crippen LogP) is 2.27. The van der Waals surface area contributed by atoms with Crippen molar-refractivity contribution in [2.45, 2.75) is 50.4 Å². The fourth-order valence-electron chi connectivity index (χ4n) is 5.79. The highest BCUT2D eigenvalue weighted by atomic mass is 16.2. The van der Waals surface area contributed by atoms with Gasteiger partial charge in [-0.15, -0.1) is 0 Å². The van der Waals surface area contributed by atoms with E-state index in [1.807, 2.05) is 11.7 Å². The largest absolute Gasteiger partial charge is 0.317 e. The highest BCUT2D eigenvalue weighted by Crippen LogP contribution is 2.37. The van der Waals surface area contributed by atoms with Crippen LogP contribution in [0.1, 0.15) is 61.6 Å². The molecule has 3 fully saturated rings. The van der Waals surface area contributed by atoms with Crippen LogP contribution in [0.3, 0.4) is 0 Å². The minimum atomic E-state index is -0.344. The molecule has 3 aliphatic heterocycles. The molecule has 0 saturated carbocycles. The number of imide groups is 1. The molecule has 0 spiro atoms. The second kappa shape index (κ2) is 8.71. The average Bonchev–Trinajstić information content (AvgIpc) is 3.12. The molecule has 3 saturated heterocycles. The molecule has 1 unspecified atom stereocenters. The first-order chi connectivity index (χ1) is 15.1. The highest BCUT2D eigenvalue weighted by molar-refractivity contribution is 6.02. The lowest BCUT2D eigenvalue weighted by molar-refractivity contribution is -0.134. The molecule has 5 rings (SSSR count). The van der Waals surface area contributed by atoms with Gasteiger partial charge in [0.05, 0.1) is 17.1 Å². The molecular weight excluding hydrogens is 390 g/mol. The van der Waals surface area contributed by atoms with Crippen molar-refractivity contribution in [3.63, 3.8) is 0 Å². The first kappa shape index (κ1) is 20.6. The van der Waals surface area contributed by atoms with Crippen LogP contribution in [0.15, 0.2) is 18.2 Å². The summed E-state index contributed by atoms with van der Waals surface area (Å²) < 4.78 is 1.95. The van der Waals surface area contributed by atoms with Crippen molar-refractivity contribution in [3.05, 3.63) is 29.5 Å². The Morgan fingerprint density at radius 3 is 2.58 bits per heavy atom. The van der Waals surface area contributed by atoms with Crippen molar-refractivity contribution in [3.8, 4) is 0 Å². The van der Waals surface area contributed by atoms with Gasteiger partial charge in [-0.2, -0.15) is 5.10 Å². The van der Waals surface area contributed by atoms with Crippen molar-refractivity contribution >= 4 is 22.7 Å². The molecule has 166 valence electrons. The monoisotopic (exact) mass is 423 g/mol. The van der Waals surface area contributed by atoms with E-state index in [2.05, 4.69) is 33.7 Å². The summed E-state index contributed by atoms with van der Waals surface area (Å²) in [5.41, 5.74) is 3.32. The van der Waals surface area contributed by atoms with Gasteiger partial charge in [-0.1, -0.05) is 18.2 Å². The number of piperidine rings is 3. The number of rotatable bonds is 4. The molecule has 31 heavy (non-hydrogen) atoms. The summed E-state index contributed by atoms with van der Waals surface area (Å²) in [6, 6.07) is 6.43. The average molecular weight is 424 g/mol. The fraction of sp³-hybridized carbons (Fsp3) is 0.625. The molecule has 3 aliphatic rings. The van der Waals surface area contributed by atoms with Gasteiger partial charge in [0.2, 0.25) is 11.8 Å². The number of likely N-dealkylation sites (tertiary alicyclic amines) is 1. The third-order valence-corrected chi connectivity index (χ3v) is 7.50. The maximum Gasteiger partial charge on any atom is 0.235 e. The molecule has 0 bridgehead atoms. The van der Waals surface area contributed by atoms with Crippen LogP contribution < -0.4 is 10.6 Å². The van der Waals surface area contributed by atoms with E-state index >= 15 is 0 Å². The number of hydrogen-bond acceptors (Lipinski definition) is 5. The van der Waals surface area contributed by atoms with Gasteiger partial charge in [0.25, 0.3) is 0 Å². The number of aryl methyl sites for hydroxylation is 1. The number of para-hydroxylation sites is 1. The van der Waals surface area contributed by atoms with Gasteiger partial charge in [-0.25, -0.2) is 0 Å². The molecule has 4 heterocycles. The maximum atomic E-state index is 12.5. The number of amides is 2. The number of nitrogens with one attached hydrogen (secondary N) is 2. The number of carbonyl (C=O) groups is 2. The second-order valence-corrected chi connectivity index (χ2v) is 9.52. The molecule has 1 aromatic heterocycles. The SMILES string of the molecule is Cn1nc(C2CCC(=O)NC2=O)c2cccc(C3CCN(CC4CCNCC4)CC3)c21. The zero-order valence-electron chi connectivity index (χ0n) is 18.4. The number of fused-ring (bicyclic) bond motifs is 1. The molecule has 1 atom stereocenters. The lowest BCUT2D eigenvalue weighted by Gasteiger charge is -2.35. The lowest BCUT2D eigenvalue weighted by Crippen LogP contribution is -2.40. The Morgan fingerprint density at radius 2 is 1.84 bits per heavy atom. The summed E-state index contributed by atoms with van der Waals surface area (Å²) in [5.74, 6) is 0.627. The van der Waals surface area contributed by atoms with Gasteiger partial charge in [0.15, 0.2) is 0 Å². The Hall–Kier alpha value is -2.25. The summed E-state index contributed by atoms with van der Waals surface area (Å²) in [5, 5.41) is 11.8. The normalized spacial score (nSPS) is 24.6. The molecule has 0 aliphatic carbocycles. The van der Waals surface area contributed by atoms with Gasteiger partial charge in [0, 0.05) is 25.4 Å². The Morgan fingerprint density at radius 1 is 1.06 bits per heavy atom. The number of hydrogen-bond donors (Lipinski definition) is 2. The zero-order valence-corrected chi connectivity index (χ0v) is 18.4. The van der Waals surface area contributed by atoms with Gasteiger partial charge in [-0.3, -0.25) is 19.6 Å². The van der Waals surface area contributed by atoms with Gasteiger partial charge < -0.3 is 10.2 Å². The standard InChI is InChI=1S/C24H33N5O2/c1-28-23-18(17-9-13-29(14-10-17)15-16-7-11-25-12-8-16)3-2-4-19(23)22(27-28)20-5-6-21(30)26-24(20)31/h2-4,16-17,20,25H,5-15H2,1H3,(H,26,30,31). The number of aromatic nitrogens is 2. The Kier molecular flexibility index (Phi) is 5.80. The van der Waals surface area contributed by atoms with Gasteiger partial charge in [0.1, 0.15) is 0 Å². The molecule has 2 amide bonds. The maximum absolute atomic E-state index is 12.5. The van der Waals surface area contributed by atoms with Crippen LogP contribution in [-0.2, 0) is 16.6 Å². The van der Waals surface area contributed by atoms with Crippen LogP contribution >= 0.6 is 0 Å². The van der Waals surface area contributed by atoms with E-state index in [1.54, 1.807) is 0 Å². The van der Waals surface area contributed by atoms with Crippen molar-refractivity contribution in [2.24, 2.45) is 13.0 Å². The van der Waals surface area contributed by atoms with Crippen LogP contribution in [0.4, 0.5) is 0 Å². The first-order valence-electron chi connectivity index (χ1n) is 11.8. The Bertz CT molecular complexity index is 970. The second-order valence-electron chi connectivity index (χ2n) is 9.52. The Labute approximate surface area is 183 Å². The van der Waals surface area contributed by atoms with Gasteiger partial charge >= 0.3 is 0 Å². The number of carbonyl (C=O) groups excluding carboxylic acids is 2. The van der Waals surface area contributed by atoms with Crippen LogP contribution in [0.25, 0.3) is 10.9 Å². The molecule has 1 aromatic carbocycles. The minimum Gasteiger partial charge on any atom is -0.317 e. The predicted molar refractivity (Wildman–Crippen MR) is 120 cm³/mol. The summed E-state index contributed by atoms with van der Waals surface area (Å²) in [6.07, 6.45) is 5.86. The van der Waals surface area contributed by atoms with E-state index in [0.717, 1.165) is 35.6 Å². The van der Waals surface area contributed by atoms with Crippen molar-refractivity contribution < 1.29 is 9.59 Å². The zero-order chi connectivity index (χ0) is 21.4. The van der Waals surface area contributed by atoms with Gasteiger partial charge in [-0.05, 0) is 75.7 Å². The molecule has 0 radical (unpaired) electrons. The van der Waals surface area contributed by atoms with Crippen molar-refractivity contribution in [1.29, 1.82) is 0 Å². The van der Waals surface area contributed by atoms with Crippen molar-refractivity contribution in [2.75, 3.05) is 32.7 Å². The lowest BCUT2D eigenvalue weighted by atomic mass is 9.86. The van der Waals surface area contributed by atoms with E-state index < -0.39 is 0 Å². The smallest absolute Gasteiger partial charge is 0.235 e. The van der Waals surface area contributed by atoms with E-state index in [0.29, 0.717) is 18.8 Å². The van der Waals surface area contributed by atoms with Crippen LogP contribution in [-0.4, -0.2) is 59.2 Å². The molecule has 2 N–H and O–H groups in total. The molecular formula is C24H33N5O2. The Balaban J connectivity index is 1.33. The van der Waals surface area contributed by atoms with E-state index in [4.69, 9.17) is 5.10 Å². The highest BCUT2D eigenvalue weighted by Gasteiger charge is 2.33. The molecule has 2 aromatic rings. The summed E-state index contributed by atoms with van der Waals surface area (Å²) >= 11 is 0. The van der Waals surface area contributed by atoms with Crippen LogP contribution in [0, 0.1) is 5.92 Å². The number of nitrogens with zero attached hydrogens (tertiary/aromatic N) is 3. The third-order valence-electron chi connectivity index (χ3n) is 7.50. The summed E-state index contributed by atoms with van der Waals surface area (Å²) in [6.45, 7) is 5.88. The minimum absolute atomic E-state index is 0.182. The van der Waals surface area contributed by atoms with E-state index in [-0.39, 0.29) is 17.7 Å². The topological polar surface area (TPSA) is 79.3 Å². The molecule has 7 nitrogen and oxygen atoms in total. The third kappa shape index (κ3) is 4.13. The van der Waals surface area contributed by atoms with Crippen LogP contribution in [0.5, 0.6) is 0 Å². The summed E-state index contributed by atoms with van der Waals surface area (Å²) in [7, 11) is 1.98. The van der Waals surface area contributed by atoms with Crippen LogP contribution in [0.2, 0.25) is 0 Å². The summed E-state index contributed by atoms with van der Waals surface area (Å²) in [4.78, 5) is 26.7. The van der Waals surface area contributed by atoms with Crippen molar-refractivity contribution in [1.82, 2.24) is 25.3 Å². The van der Waals surface area contributed by atoms with E-state index in [9.17, 15) is 9.59 Å². The quantitative estimate of drug-likeness (QED) is 0.738. The first-order valence-corrected chi connectivity index (χ1v) is 11.8. The molecule has 7 heteroatoms. The number of benzene rings is 1.